The summed E-state index contributed by atoms with van der Waals surface area (Å²) in [6.07, 6.45) is 0. The predicted octanol–water partition coefficient (Wildman–Crippen LogP) is 16.7. The highest BCUT2D eigenvalue weighted by Crippen LogP contribution is 2.46. The summed E-state index contributed by atoms with van der Waals surface area (Å²) in [5.74, 6) is 0. The van der Waals surface area contributed by atoms with E-state index in [1.807, 2.05) is 11.3 Å². The smallest absolute Gasteiger partial charge is 0.136 e. The van der Waals surface area contributed by atoms with E-state index in [-0.39, 0.29) is 0 Å². The molecule has 2 nitrogen and oxygen atoms in total. The molecule has 0 saturated carbocycles. The lowest BCUT2D eigenvalue weighted by atomic mass is 9.95. The van der Waals surface area contributed by atoms with Crippen molar-refractivity contribution in [1.29, 1.82) is 0 Å². The molecule has 59 heavy (non-hydrogen) atoms. The van der Waals surface area contributed by atoms with E-state index in [4.69, 9.17) is 4.42 Å². The number of benzene rings is 10. The molecule has 10 aromatic carbocycles. The summed E-state index contributed by atoms with van der Waals surface area (Å²) in [6, 6.07) is 77.2. The predicted molar refractivity (Wildman–Crippen MR) is 253 cm³/mol. The van der Waals surface area contributed by atoms with Gasteiger partial charge >= 0.3 is 0 Å². The molecule has 0 aliphatic carbocycles. The highest BCUT2D eigenvalue weighted by molar-refractivity contribution is 7.25. The third kappa shape index (κ3) is 5.70. The molecular formula is C56H35NOS. The molecule has 0 aliphatic rings. The largest absolute Gasteiger partial charge is 0.456 e. The van der Waals surface area contributed by atoms with E-state index >= 15 is 0 Å². The summed E-state index contributed by atoms with van der Waals surface area (Å²) in [5, 5.41) is 9.74. The van der Waals surface area contributed by atoms with Gasteiger partial charge in [0, 0.05) is 47.9 Å². The van der Waals surface area contributed by atoms with E-state index < -0.39 is 0 Å². The number of nitrogens with zero attached hydrogens (tertiary/aromatic N) is 1. The summed E-state index contributed by atoms with van der Waals surface area (Å²) in [4.78, 5) is 2.43. The van der Waals surface area contributed by atoms with Gasteiger partial charge in [-0.15, -0.1) is 11.3 Å². The zero-order chi connectivity index (χ0) is 38.9. The van der Waals surface area contributed by atoms with Crippen molar-refractivity contribution in [2.45, 2.75) is 0 Å². The highest BCUT2D eigenvalue weighted by atomic mass is 32.1. The number of anilines is 3. The van der Waals surface area contributed by atoms with Crippen molar-refractivity contribution in [2.24, 2.45) is 0 Å². The van der Waals surface area contributed by atoms with Crippen LogP contribution >= 0.6 is 11.3 Å². The van der Waals surface area contributed by atoms with Crippen molar-refractivity contribution in [3.8, 4) is 33.4 Å². The molecule has 3 heteroatoms. The second-order valence-corrected chi connectivity index (χ2v) is 16.4. The van der Waals surface area contributed by atoms with E-state index in [0.29, 0.717) is 0 Å². The van der Waals surface area contributed by atoms with E-state index in [2.05, 4.69) is 217 Å². The number of fused-ring (bicyclic) bond motifs is 8. The molecule has 0 radical (unpaired) electrons. The van der Waals surface area contributed by atoms with Crippen LogP contribution in [-0.2, 0) is 0 Å². The zero-order valence-electron chi connectivity index (χ0n) is 32.0. The molecule has 0 bridgehead atoms. The number of rotatable bonds is 6. The maximum atomic E-state index is 6.39. The second-order valence-electron chi connectivity index (χ2n) is 15.3. The highest BCUT2D eigenvalue weighted by Gasteiger charge is 2.20. The van der Waals surface area contributed by atoms with Gasteiger partial charge in [-0.25, -0.2) is 0 Å². The van der Waals surface area contributed by atoms with Gasteiger partial charge in [0.25, 0.3) is 0 Å². The molecule has 0 spiro atoms. The molecular weight excluding hydrogens is 735 g/mol. The first-order chi connectivity index (χ1) is 29.2. The number of furan rings is 1. The summed E-state index contributed by atoms with van der Waals surface area (Å²) in [5.41, 5.74) is 12.2. The summed E-state index contributed by atoms with van der Waals surface area (Å²) in [7, 11) is 0. The molecule has 0 amide bonds. The number of hydrogen-bond donors (Lipinski definition) is 0. The van der Waals surface area contributed by atoms with Gasteiger partial charge in [-0.05, 0) is 116 Å². The fraction of sp³-hybridized carbons (Fsp3) is 0. The molecule has 0 N–H and O–H groups in total. The Morgan fingerprint density at radius 3 is 1.81 bits per heavy atom. The van der Waals surface area contributed by atoms with Gasteiger partial charge in [-0.3, -0.25) is 0 Å². The van der Waals surface area contributed by atoms with Crippen LogP contribution in [0, 0.1) is 0 Å². The van der Waals surface area contributed by atoms with Gasteiger partial charge in [0.1, 0.15) is 11.2 Å². The van der Waals surface area contributed by atoms with E-state index in [1.54, 1.807) is 0 Å². The standard InChI is InChI=1S/C56H35NOS/c1-2-11-37(12-3-1)49-31-41(42-24-30-53-50(33-42)51-32-39-14-4-5-15-40(39)34-54(51)58-53)23-29-52(49)57(44-27-28-48-47-18-8-9-20-55(47)59-56(48)35-44)43-25-21-38(22-26-43)46-19-10-16-36-13-6-7-17-45(36)46/h1-35H. The lowest BCUT2D eigenvalue weighted by Gasteiger charge is -2.29. The maximum absolute atomic E-state index is 6.39. The molecule has 0 unspecified atom stereocenters. The molecule has 0 fully saturated rings. The van der Waals surface area contributed by atoms with Gasteiger partial charge < -0.3 is 9.32 Å². The van der Waals surface area contributed by atoms with Gasteiger partial charge in [0.2, 0.25) is 0 Å². The van der Waals surface area contributed by atoms with Crippen molar-refractivity contribution in [3.63, 3.8) is 0 Å². The molecule has 276 valence electrons. The molecule has 2 heterocycles. The van der Waals surface area contributed by atoms with Crippen LogP contribution in [0.1, 0.15) is 0 Å². The van der Waals surface area contributed by atoms with Crippen LogP contribution in [0.25, 0.3) is 97.0 Å². The normalized spacial score (nSPS) is 11.7. The molecule has 0 aliphatic heterocycles. The molecule has 12 aromatic rings. The van der Waals surface area contributed by atoms with Crippen LogP contribution in [-0.4, -0.2) is 0 Å². The van der Waals surface area contributed by atoms with Crippen LogP contribution in [0.3, 0.4) is 0 Å². The quantitative estimate of drug-likeness (QED) is 0.167. The van der Waals surface area contributed by atoms with Crippen LogP contribution in [0.2, 0.25) is 0 Å². The van der Waals surface area contributed by atoms with Gasteiger partial charge in [-0.1, -0.05) is 146 Å². The van der Waals surface area contributed by atoms with Crippen LogP contribution < -0.4 is 4.90 Å². The first-order valence-corrected chi connectivity index (χ1v) is 20.9. The number of thiophene rings is 1. The Balaban J connectivity index is 1.04. The SMILES string of the molecule is c1ccc(-c2cc(-c3ccc4oc5cc6ccccc6cc5c4c3)ccc2N(c2ccc(-c3cccc4ccccc34)cc2)c2ccc3c(c2)sc2ccccc23)cc1. The Labute approximate surface area is 345 Å². The van der Waals surface area contributed by atoms with E-state index in [0.717, 1.165) is 61.3 Å². The Morgan fingerprint density at radius 1 is 0.322 bits per heavy atom. The average molecular weight is 770 g/mol. The Hall–Kier alpha value is -7.46. The Morgan fingerprint density at radius 2 is 0.949 bits per heavy atom. The second kappa shape index (κ2) is 13.6. The number of hydrogen-bond acceptors (Lipinski definition) is 3. The first-order valence-electron chi connectivity index (χ1n) is 20.1. The van der Waals surface area contributed by atoms with Crippen molar-refractivity contribution in [2.75, 3.05) is 4.90 Å². The topological polar surface area (TPSA) is 16.4 Å². The third-order valence-corrected chi connectivity index (χ3v) is 13.0. The minimum Gasteiger partial charge on any atom is -0.456 e. The van der Waals surface area contributed by atoms with Crippen LogP contribution in [0.15, 0.2) is 217 Å². The molecule has 0 atom stereocenters. The molecule has 2 aromatic heterocycles. The van der Waals surface area contributed by atoms with E-state index in [9.17, 15) is 0 Å². The summed E-state index contributed by atoms with van der Waals surface area (Å²) < 4.78 is 8.97. The van der Waals surface area contributed by atoms with Crippen molar-refractivity contribution >= 4 is 92.1 Å². The average Bonchev–Trinajstić information content (AvgIpc) is 3.85. The van der Waals surface area contributed by atoms with E-state index in [1.165, 1.54) is 52.8 Å². The van der Waals surface area contributed by atoms with Crippen LogP contribution in [0.4, 0.5) is 17.1 Å². The first kappa shape index (κ1) is 33.7. The fourth-order valence-corrected chi connectivity index (χ4v) is 10.1. The van der Waals surface area contributed by atoms with Crippen molar-refractivity contribution in [1.82, 2.24) is 0 Å². The lowest BCUT2D eigenvalue weighted by molar-refractivity contribution is 0.669. The third-order valence-electron chi connectivity index (χ3n) is 11.8. The van der Waals surface area contributed by atoms with Crippen molar-refractivity contribution in [3.05, 3.63) is 212 Å². The minimum absolute atomic E-state index is 0.897. The summed E-state index contributed by atoms with van der Waals surface area (Å²) >= 11 is 1.85. The molecule has 0 saturated heterocycles. The van der Waals surface area contributed by atoms with Crippen molar-refractivity contribution < 1.29 is 4.42 Å². The van der Waals surface area contributed by atoms with Gasteiger partial charge in [0.05, 0.1) is 5.69 Å². The van der Waals surface area contributed by atoms with Gasteiger partial charge in [0.15, 0.2) is 0 Å². The fourth-order valence-electron chi connectivity index (χ4n) is 8.95. The summed E-state index contributed by atoms with van der Waals surface area (Å²) in [6.45, 7) is 0. The molecule has 12 rings (SSSR count). The Bertz CT molecular complexity index is 3550. The monoisotopic (exact) mass is 769 g/mol. The van der Waals surface area contributed by atoms with Gasteiger partial charge in [-0.2, -0.15) is 0 Å². The maximum Gasteiger partial charge on any atom is 0.136 e. The Kier molecular flexibility index (Phi) is 7.75. The minimum atomic E-state index is 0.897. The lowest BCUT2D eigenvalue weighted by Crippen LogP contribution is -2.11. The zero-order valence-corrected chi connectivity index (χ0v) is 32.8. The van der Waals surface area contributed by atoms with Crippen LogP contribution in [0.5, 0.6) is 0 Å².